The molecule has 0 bridgehead atoms. The van der Waals surface area contributed by atoms with E-state index < -0.39 is 0 Å². The number of ketones is 1. The van der Waals surface area contributed by atoms with Gasteiger partial charge < -0.3 is 11.1 Å². The third-order valence-electron chi connectivity index (χ3n) is 3.59. The fourth-order valence-electron chi connectivity index (χ4n) is 2.31. The van der Waals surface area contributed by atoms with E-state index in [-0.39, 0.29) is 11.6 Å². The molecule has 0 aliphatic carbocycles. The number of aryl methyl sites for hydroxylation is 2. The van der Waals surface area contributed by atoms with Crippen LogP contribution in [0.4, 0.5) is 16.6 Å². The van der Waals surface area contributed by atoms with Crippen LogP contribution < -0.4 is 11.1 Å². The molecule has 4 nitrogen and oxygen atoms in total. The van der Waals surface area contributed by atoms with Gasteiger partial charge in [-0.05, 0) is 49.7 Å². The third-order valence-corrected chi connectivity index (χ3v) is 5.11. The van der Waals surface area contributed by atoms with E-state index in [4.69, 9.17) is 5.73 Å². The van der Waals surface area contributed by atoms with Gasteiger partial charge in [0.2, 0.25) is 5.78 Å². The van der Waals surface area contributed by atoms with Crippen LogP contribution in [0, 0.1) is 13.8 Å². The van der Waals surface area contributed by atoms with E-state index in [0.717, 1.165) is 21.3 Å². The predicted octanol–water partition coefficient (Wildman–Crippen LogP) is 5.08. The number of nitrogen functional groups attached to an aromatic ring is 1. The lowest BCUT2D eigenvalue weighted by atomic mass is 10.0. The standard InChI is InChI=1S/C18H16BrN3OS/c1-10-3-4-11(2)14(9-10)15(23)16-17(20)22-18(24-16)21-13-7-5-12(19)6-8-13/h3-9H,20H2,1-2H3,(H,21,22). The zero-order chi connectivity index (χ0) is 17.3. The van der Waals surface area contributed by atoms with Crippen molar-refractivity contribution in [2.24, 2.45) is 0 Å². The van der Waals surface area contributed by atoms with Gasteiger partial charge in [-0.15, -0.1) is 0 Å². The Bertz CT molecular complexity index is 903. The Kier molecular flexibility index (Phi) is 4.69. The number of rotatable bonds is 4. The molecule has 3 N–H and O–H groups in total. The molecule has 2 aromatic carbocycles. The average Bonchev–Trinajstić information content (AvgIpc) is 2.92. The lowest BCUT2D eigenvalue weighted by Crippen LogP contribution is -2.05. The van der Waals surface area contributed by atoms with Crippen LogP contribution in [0.2, 0.25) is 0 Å². The zero-order valence-electron chi connectivity index (χ0n) is 13.3. The molecule has 3 rings (SSSR count). The number of nitrogens with zero attached hydrogens (tertiary/aromatic N) is 1. The van der Waals surface area contributed by atoms with Gasteiger partial charge in [-0.3, -0.25) is 4.79 Å². The van der Waals surface area contributed by atoms with Crippen molar-refractivity contribution in [3.63, 3.8) is 0 Å². The second-order valence-electron chi connectivity index (χ2n) is 5.51. The Morgan fingerprint density at radius 1 is 1.17 bits per heavy atom. The number of nitrogens with one attached hydrogen (secondary N) is 1. The number of benzene rings is 2. The zero-order valence-corrected chi connectivity index (χ0v) is 15.7. The number of aromatic nitrogens is 1. The molecule has 1 aromatic heterocycles. The number of hydrogen-bond acceptors (Lipinski definition) is 5. The minimum Gasteiger partial charge on any atom is -0.382 e. The maximum atomic E-state index is 12.8. The maximum Gasteiger partial charge on any atom is 0.207 e. The maximum absolute atomic E-state index is 12.8. The van der Waals surface area contributed by atoms with Crippen LogP contribution in [0.5, 0.6) is 0 Å². The molecular formula is C18H16BrN3OS. The van der Waals surface area contributed by atoms with Gasteiger partial charge in [-0.1, -0.05) is 45.0 Å². The molecule has 24 heavy (non-hydrogen) atoms. The minimum absolute atomic E-state index is 0.0879. The first kappa shape index (κ1) is 16.7. The van der Waals surface area contributed by atoms with E-state index in [1.165, 1.54) is 11.3 Å². The van der Waals surface area contributed by atoms with Crippen molar-refractivity contribution in [2.75, 3.05) is 11.1 Å². The summed E-state index contributed by atoms with van der Waals surface area (Å²) in [7, 11) is 0. The Labute approximate surface area is 152 Å². The summed E-state index contributed by atoms with van der Waals surface area (Å²) in [6, 6.07) is 13.5. The molecule has 0 unspecified atom stereocenters. The summed E-state index contributed by atoms with van der Waals surface area (Å²) >= 11 is 4.67. The molecule has 0 saturated heterocycles. The first-order valence-electron chi connectivity index (χ1n) is 7.35. The van der Waals surface area contributed by atoms with Crippen molar-refractivity contribution in [3.8, 4) is 0 Å². The highest BCUT2D eigenvalue weighted by atomic mass is 79.9. The molecule has 0 fully saturated rings. The van der Waals surface area contributed by atoms with Gasteiger partial charge in [0.05, 0.1) is 0 Å². The van der Waals surface area contributed by atoms with Crippen molar-refractivity contribution in [1.29, 1.82) is 0 Å². The summed E-state index contributed by atoms with van der Waals surface area (Å²) in [5.74, 6) is 0.167. The van der Waals surface area contributed by atoms with Crippen molar-refractivity contribution >= 4 is 49.7 Å². The van der Waals surface area contributed by atoms with Crippen molar-refractivity contribution in [1.82, 2.24) is 4.98 Å². The monoisotopic (exact) mass is 401 g/mol. The smallest absolute Gasteiger partial charge is 0.207 e. The van der Waals surface area contributed by atoms with Crippen molar-refractivity contribution < 1.29 is 4.79 Å². The fourth-order valence-corrected chi connectivity index (χ4v) is 3.43. The summed E-state index contributed by atoms with van der Waals surface area (Å²) in [5, 5.41) is 3.78. The highest BCUT2D eigenvalue weighted by Gasteiger charge is 2.19. The topological polar surface area (TPSA) is 68.0 Å². The van der Waals surface area contributed by atoms with Gasteiger partial charge in [0, 0.05) is 15.7 Å². The quantitative estimate of drug-likeness (QED) is 0.598. The molecule has 6 heteroatoms. The van der Waals surface area contributed by atoms with Gasteiger partial charge in [0.15, 0.2) is 5.13 Å². The second kappa shape index (κ2) is 6.75. The lowest BCUT2D eigenvalue weighted by molar-refractivity contribution is 0.104. The molecule has 0 aliphatic heterocycles. The molecular weight excluding hydrogens is 386 g/mol. The Hall–Kier alpha value is -2.18. The Balaban J connectivity index is 1.89. The number of anilines is 3. The number of halogens is 1. The largest absolute Gasteiger partial charge is 0.382 e. The number of hydrogen-bond donors (Lipinski definition) is 2. The van der Waals surface area contributed by atoms with Gasteiger partial charge in [-0.2, -0.15) is 0 Å². The molecule has 1 heterocycles. The van der Waals surface area contributed by atoms with Crippen LogP contribution >= 0.6 is 27.3 Å². The minimum atomic E-state index is -0.0879. The molecule has 122 valence electrons. The summed E-state index contributed by atoms with van der Waals surface area (Å²) < 4.78 is 0.998. The van der Waals surface area contributed by atoms with E-state index in [1.807, 2.05) is 56.3 Å². The number of thiazole rings is 1. The van der Waals surface area contributed by atoms with Crippen molar-refractivity contribution in [2.45, 2.75) is 13.8 Å². The fraction of sp³-hybridized carbons (Fsp3) is 0.111. The Morgan fingerprint density at radius 3 is 2.58 bits per heavy atom. The molecule has 0 radical (unpaired) electrons. The molecule has 0 amide bonds. The molecule has 0 atom stereocenters. The number of nitrogens with two attached hydrogens (primary N) is 1. The first-order valence-corrected chi connectivity index (χ1v) is 8.96. The predicted molar refractivity (Wildman–Crippen MR) is 103 cm³/mol. The van der Waals surface area contributed by atoms with Gasteiger partial charge in [-0.25, -0.2) is 4.98 Å². The third kappa shape index (κ3) is 3.49. The normalized spacial score (nSPS) is 10.6. The van der Waals surface area contributed by atoms with Crippen molar-refractivity contribution in [3.05, 3.63) is 68.5 Å². The summed E-state index contributed by atoms with van der Waals surface area (Å²) in [5.41, 5.74) is 9.50. The van der Waals surface area contributed by atoms with E-state index in [2.05, 4.69) is 26.2 Å². The molecule has 0 saturated carbocycles. The van der Waals surface area contributed by atoms with E-state index in [9.17, 15) is 4.79 Å². The van der Waals surface area contributed by atoms with Crippen LogP contribution in [0.1, 0.15) is 26.4 Å². The summed E-state index contributed by atoms with van der Waals surface area (Å²) in [4.78, 5) is 17.5. The lowest BCUT2D eigenvalue weighted by Gasteiger charge is -2.05. The summed E-state index contributed by atoms with van der Waals surface area (Å²) in [6.07, 6.45) is 0. The molecule has 0 aliphatic rings. The molecule has 0 spiro atoms. The van der Waals surface area contributed by atoms with Crippen LogP contribution in [0.3, 0.4) is 0 Å². The van der Waals surface area contributed by atoms with E-state index >= 15 is 0 Å². The molecule has 3 aromatic rings. The second-order valence-corrected chi connectivity index (χ2v) is 7.43. The first-order chi connectivity index (χ1) is 11.4. The summed E-state index contributed by atoms with van der Waals surface area (Å²) in [6.45, 7) is 3.89. The highest BCUT2D eigenvalue weighted by Crippen LogP contribution is 2.30. The number of carbonyl (C=O) groups is 1. The van der Waals surface area contributed by atoms with E-state index in [0.29, 0.717) is 15.6 Å². The number of carbonyl (C=O) groups excluding carboxylic acids is 1. The van der Waals surface area contributed by atoms with Crippen LogP contribution in [-0.4, -0.2) is 10.8 Å². The average molecular weight is 402 g/mol. The van der Waals surface area contributed by atoms with E-state index in [1.54, 1.807) is 0 Å². The van der Waals surface area contributed by atoms with Crippen LogP contribution in [-0.2, 0) is 0 Å². The Morgan fingerprint density at radius 2 is 1.88 bits per heavy atom. The van der Waals surface area contributed by atoms with Crippen LogP contribution in [0.15, 0.2) is 46.9 Å². The van der Waals surface area contributed by atoms with Gasteiger partial charge in [0.1, 0.15) is 10.7 Å². The SMILES string of the molecule is Cc1ccc(C)c(C(=O)c2sc(Nc3ccc(Br)cc3)nc2N)c1. The van der Waals surface area contributed by atoms with Gasteiger partial charge in [0.25, 0.3) is 0 Å². The van der Waals surface area contributed by atoms with Crippen LogP contribution in [0.25, 0.3) is 0 Å². The van der Waals surface area contributed by atoms with Gasteiger partial charge >= 0.3 is 0 Å². The highest BCUT2D eigenvalue weighted by molar-refractivity contribution is 9.10.